The molecule has 8 heteroatoms. The van der Waals surface area contributed by atoms with Crippen molar-refractivity contribution in [3.63, 3.8) is 0 Å². The number of carbonyl (C=O) groups excluding carboxylic acids is 1. The van der Waals surface area contributed by atoms with Crippen molar-refractivity contribution in [2.75, 3.05) is 13.2 Å². The smallest absolute Gasteiger partial charge is 0.324 e. The number of piperidine rings is 1. The summed E-state index contributed by atoms with van der Waals surface area (Å²) in [7, 11) is -4.45. The second-order valence-corrected chi connectivity index (χ2v) is 6.76. The van der Waals surface area contributed by atoms with Crippen LogP contribution in [0.2, 0.25) is 0 Å². The fourth-order valence-corrected chi connectivity index (χ4v) is 4.27. The maximum Gasteiger partial charge on any atom is 0.324 e. The third-order valence-electron chi connectivity index (χ3n) is 3.50. The summed E-state index contributed by atoms with van der Waals surface area (Å²) in [6.45, 7) is 1.74. The summed E-state index contributed by atoms with van der Waals surface area (Å²) in [5.41, 5.74) is 0. The van der Waals surface area contributed by atoms with Crippen molar-refractivity contribution >= 4 is 16.0 Å². The summed E-state index contributed by atoms with van der Waals surface area (Å²) in [4.78, 5) is 10.9. The Labute approximate surface area is 127 Å². The highest BCUT2D eigenvalue weighted by atomic mass is 32.2. The number of ether oxygens (including phenoxy) is 1. The summed E-state index contributed by atoms with van der Waals surface area (Å²) in [5, 5.41) is 0. The van der Waals surface area contributed by atoms with Gasteiger partial charge in [-0.15, -0.1) is 0 Å². The van der Waals surface area contributed by atoms with Crippen molar-refractivity contribution in [1.82, 2.24) is 4.31 Å². The van der Waals surface area contributed by atoms with Gasteiger partial charge in [0.15, 0.2) is 4.90 Å². The van der Waals surface area contributed by atoms with E-state index in [1.165, 1.54) is 0 Å². The molecule has 122 valence electrons. The Morgan fingerprint density at radius 3 is 2.55 bits per heavy atom. The number of halogens is 2. The number of rotatable bonds is 4. The number of hydrogen-bond donors (Lipinski definition) is 0. The van der Waals surface area contributed by atoms with E-state index in [0.29, 0.717) is 12.8 Å². The summed E-state index contributed by atoms with van der Waals surface area (Å²) in [5.74, 6) is -3.04. The normalized spacial score (nSPS) is 19.9. The number of benzene rings is 1. The molecule has 0 aromatic heterocycles. The standard InChI is InChI=1S/C14H17F2NO4S/c1-2-21-14(18)12-8-3-4-9-17(12)22(19,20)13-10(15)6-5-7-11(13)16/h5-7,12H,2-4,8-9H2,1H3. The summed E-state index contributed by atoms with van der Waals surface area (Å²) in [6, 6.07) is 1.79. The minimum Gasteiger partial charge on any atom is -0.465 e. The first-order chi connectivity index (χ1) is 10.4. The second kappa shape index (κ2) is 6.70. The van der Waals surface area contributed by atoms with Crippen molar-refractivity contribution in [2.45, 2.75) is 37.1 Å². The number of esters is 1. The SMILES string of the molecule is CCOC(=O)C1CCCCN1S(=O)(=O)c1c(F)cccc1F. The molecule has 2 rings (SSSR count). The van der Waals surface area contributed by atoms with Gasteiger partial charge in [-0.25, -0.2) is 17.2 Å². The van der Waals surface area contributed by atoms with Crippen molar-refractivity contribution in [2.24, 2.45) is 0 Å². The fourth-order valence-electron chi connectivity index (χ4n) is 2.51. The second-order valence-electron chi connectivity index (χ2n) is 4.93. The average molecular weight is 333 g/mol. The molecule has 1 saturated heterocycles. The fraction of sp³-hybridized carbons (Fsp3) is 0.500. The van der Waals surface area contributed by atoms with E-state index < -0.39 is 38.6 Å². The van der Waals surface area contributed by atoms with Crippen LogP contribution in [0.1, 0.15) is 26.2 Å². The first-order valence-electron chi connectivity index (χ1n) is 7.02. The molecule has 0 amide bonds. The van der Waals surface area contributed by atoms with E-state index in [1.54, 1.807) is 6.92 Å². The van der Waals surface area contributed by atoms with E-state index >= 15 is 0 Å². The molecule has 0 aliphatic carbocycles. The molecular weight excluding hydrogens is 316 g/mol. The third kappa shape index (κ3) is 3.12. The summed E-state index contributed by atoms with van der Waals surface area (Å²) < 4.78 is 58.5. The minimum absolute atomic E-state index is 0.0274. The van der Waals surface area contributed by atoms with Crippen LogP contribution in [0.25, 0.3) is 0 Å². The minimum atomic E-state index is -4.45. The van der Waals surface area contributed by atoms with Crippen LogP contribution in [-0.2, 0) is 19.6 Å². The molecule has 5 nitrogen and oxygen atoms in total. The maximum atomic E-state index is 13.8. The van der Waals surface area contributed by atoms with Gasteiger partial charge in [0, 0.05) is 6.54 Å². The molecular formula is C14H17F2NO4S. The molecule has 1 unspecified atom stereocenters. The van der Waals surface area contributed by atoms with Gasteiger partial charge >= 0.3 is 5.97 Å². The van der Waals surface area contributed by atoms with E-state index in [9.17, 15) is 22.0 Å². The highest BCUT2D eigenvalue weighted by Crippen LogP contribution is 2.29. The van der Waals surface area contributed by atoms with E-state index in [4.69, 9.17) is 4.74 Å². The van der Waals surface area contributed by atoms with Gasteiger partial charge in [-0.2, -0.15) is 4.31 Å². The van der Waals surface area contributed by atoms with Crippen LogP contribution in [0, 0.1) is 11.6 Å². The number of sulfonamides is 1. The van der Waals surface area contributed by atoms with Crippen molar-refractivity contribution in [3.8, 4) is 0 Å². The van der Waals surface area contributed by atoms with Crippen molar-refractivity contribution < 1.29 is 26.7 Å². The lowest BCUT2D eigenvalue weighted by molar-refractivity contribution is -0.148. The number of hydrogen-bond acceptors (Lipinski definition) is 4. The lowest BCUT2D eigenvalue weighted by atomic mass is 10.1. The Morgan fingerprint density at radius 2 is 1.95 bits per heavy atom. The first kappa shape index (κ1) is 16.8. The van der Waals surface area contributed by atoms with Gasteiger partial charge in [0.05, 0.1) is 6.61 Å². The van der Waals surface area contributed by atoms with Gasteiger partial charge in [0.2, 0.25) is 10.0 Å². The largest absolute Gasteiger partial charge is 0.465 e. The van der Waals surface area contributed by atoms with Crippen LogP contribution in [0.15, 0.2) is 23.1 Å². The zero-order valence-electron chi connectivity index (χ0n) is 12.1. The monoisotopic (exact) mass is 333 g/mol. The number of nitrogens with zero attached hydrogens (tertiary/aromatic N) is 1. The maximum absolute atomic E-state index is 13.8. The average Bonchev–Trinajstić information content (AvgIpc) is 2.47. The van der Waals surface area contributed by atoms with Crippen LogP contribution in [0.4, 0.5) is 8.78 Å². The Kier molecular flexibility index (Phi) is 5.12. The Balaban J connectivity index is 2.44. The van der Waals surface area contributed by atoms with Gasteiger partial charge < -0.3 is 4.74 Å². The van der Waals surface area contributed by atoms with Gasteiger partial charge in [0.25, 0.3) is 0 Å². The molecule has 1 atom stereocenters. The summed E-state index contributed by atoms with van der Waals surface area (Å²) in [6.07, 6.45) is 1.44. The predicted molar refractivity (Wildman–Crippen MR) is 74.5 cm³/mol. The van der Waals surface area contributed by atoms with Gasteiger partial charge in [-0.05, 0) is 38.3 Å². The molecule has 1 aromatic carbocycles. The molecule has 1 aromatic rings. The lowest BCUT2D eigenvalue weighted by Gasteiger charge is -2.33. The molecule has 0 saturated carbocycles. The Bertz CT molecular complexity index is 643. The Morgan fingerprint density at radius 1 is 1.32 bits per heavy atom. The van der Waals surface area contributed by atoms with Crippen LogP contribution in [0.5, 0.6) is 0 Å². The van der Waals surface area contributed by atoms with Crippen LogP contribution in [-0.4, -0.2) is 37.9 Å². The van der Waals surface area contributed by atoms with Gasteiger partial charge in [-0.1, -0.05) is 6.07 Å². The number of carbonyl (C=O) groups is 1. The van der Waals surface area contributed by atoms with Crippen LogP contribution < -0.4 is 0 Å². The third-order valence-corrected chi connectivity index (χ3v) is 5.46. The van der Waals surface area contributed by atoms with Crippen LogP contribution >= 0.6 is 0 Å². The van der Waals surface area contributed by atoms with Gasteiger partial charge in [0.1, 0.15) is 17.7 Å². The Hall–Kier alpha value is -1.54. The first-order valence-corrected chi connectivity index (χ1v) is 8.46. The molecule has 22 heavy (non-hydrogen) atoms. The zero-order valence-corrected chi connectivity index (χ0v) is 12.9. The molecule has 1 aliphatic heterocycles. The van der Waals surface area contributed by atoms with Gasteiger partial charge in [-0.3, -0.25) is 4.79 Å². The molecule has 1 fully saturated rings. The molecule has 0 bridgehead atoms. The predicted octanol–water partition coefficient (Wildman–Crippen LogP) is 2.07. The van der Waals surface area contributed by atoms with E-state index in [2.05, 4.69) is 0 Å². The van der Waals surface area contributed by atoms with Crippen molar-refractivity contribution in [3.05, 3.63) is 29.8 Å². The topological polar surface area (TPSA) is 63.7 Å². The van der Waals surface area contributed by atoms with Crippen LogP contribution in [0.3, 0.4) is 0 Å². The molecule has 0 radical (unpaired) electrons. The molecule has 0 spiro atoms. The summed E-state index contributed by atoms with van der Waals surface area (Å²) >= 11 is 0. The molecule has 0 N–H and O–H groups in total. The van der Waals surface area contributed by atoms with E-state index in [1.807, 2.05) is 0 Å². The highest BCUT2D eigenvalue weighted by Gasteiger charge is 2.40. The molecule has 1 aliphatic rings. The quantitative estimate of drug-likeness (QED) is 0.792. The van der Waals surface area contributed by atoms with Crippen molar-refractivity contribution in [1.29, 1.82) is 0 Å². The van der Waals surface area contributed by atoms with E-state index in [0.717, 1.165) is 22.5 Å². The molecule has 1 heterocycles. The lowest BCUT2D eigenvalue weighted by Crippen LogP contribution is -2.48. The van der Waals surface area contributed by atoms with E-state index in [-0.39, 0.29) is 19.6 Å². The zero-order chi connectivity index (χ0) is 16.3. The highest BCUT2D eigenvalue weighted by molar-refractivity contribution is 7.89.